The number of carbonyl (C=O) groups excluding carboxylic acids is 1. The van der Waals surface area contributed by atoms with E-state index in [0.717, 1.165) is 12.0 Å². The number of carbonyl (C=O) groups is 1. The Morgan fingerprint density at radius 3 is 2.53 bits per heavy atom. The van der Waals surface area contributed by atoms with E-state index in [2.05, 4.69) is 12.2 Å². The van der Waals surface area contributed by atoms with Crippen molar-refractivity contribution in [3.05, 3.63) is 99.9 Å². The maximum Gasteiger partial charge on any atom is 0.266 e. The lowest BCUT2D eigenvalue weighted by Gasteiger charge is -2.34. The first-order valence-corrected chi connectivity index (χ1v) is 15.3. The first-order valence-electron chi connectivity index (χ1n) is 15.3. The first kappa shape index (κ1) is 30.4. The van der Waals surface area contributed by atoms with Crippen LogP contribution in [0.15, 0.2) is 71.5 Å². The average molecular weight is 585 g/mol. The van der Waals surface area contributed by atoms with E-state index in [4.69, 9.17) is 9.72 Å². The molecule has 1 aliphatic carbocycles. The number of para-hydroxylation sites is 1. The van der Waals surface area contributed by atoms with Crippen molar-refractivity contribution in [2.75, 3.05) is 13.2 Å². The smallest absolute Gasteiger partial charge is 0.266 e. The summed E-state index contributed by atoms with van der Waals surface area (Å²) in [5.41, 5.74) is 2.28. The number of rotatable bonds is 12. The zero-order valence-corrected chi connectivity index (χ0v) is 25.5. The SMILES string of the molecule is CCOc1ccc(-n2c(C(C)N(CCC(C)NC3CCC3)C(=O)Cc3ccc(F)c(C)c3)nc3ccccc3c2=O)cc1. The standard InChI is InChI=1S/C35H41FN4O3/c1-5-43-29-16-14-28(15-17-29)40-34(38-32-12-7-6-11-30(32)35(40)42)25(4)39(20-19-24(3)37-27-9-8-10-27)33(41)22-26-13-18-31(36)23(2)21-26/h6-7,11-18,21,24-25,27,37H,5,8-10,19-20,22H2,1-4H3. The lowest BCUT2D eigenvalue weighted by molar-refractivity contribution is -0.133. The van der Waals surface area contributed by atoms with Gasteiger partial charge in [-0.15, -0.1) is 0 Å². The zero-order chi connectivity index (χ0) is 30.5. The molecule has 0 spiro atoms. The van der Waals surface area contributed by atoms with Crippen molar-refractivity contribution in [2.24, 2.45) is 0 Å². The normalized spacial score (nSPS) is 14.7. The lowest BCUT2D eigenvalue weighted by Crippen LogP contribution is -2.44. The summed E-state index contributed by atoms with van der Waals surface area (Å²) in [6.45, 7) is 8.72. The molecule has 1 saturated carbocycles. The van der Waals surface area contributed by atoms with E-state index in [1.807, 2.05) is 61.2 Å². The molecule has 3 aromatic carbocycles. The van der Waals surface area contributed by atoms with E-state index < -0.39 is 6.04 Å². The van der Waals surface area contributed by atoms with Crippen LogP contribution in [0.4, 0.5) is 4.39 Å². The number of amides is 1. The summed E-state index contributed by atoms with van der Waals surface area (Å²) in [4.78, 5) is 34.8. The minimum Gasteiger partial charge on any atom is -0.494 e. The van der Waals surface area contributed by atoms with Gasteiger partial charge in [-0.2, -0.15) is 0 Å². The molecule has 1 fully saturated rings. The number of halogens is 1. The van der Waals surface area contributed by atoms with E-state index >= 15 is 0 Å². The Kier molecular flexibility index (Phi) is 9.56. The van der Waals surface area contributed by atoms with Crippen LogP contribution in [0.2, 0.25) is 0 Å². The highest BCUT2D eigenvalue weighted by atomic mass is 19.1. The quantitative estimate of drug-likeness (QED) is 0.212. The molecule has 1 aromatic heterocycles. The monoisotopic (exact) mass is 584 g/mol. The lowest BCUT2D eigenvalue weighted by atomic mass is 9.92. The topological polar surface area (TPSA) is 76.5 Å². The van der Waals surface area contributed by atoms with Crippen molar-refractivity contribution in [1.29, 1.82) is 0 Å². The van der Waals surface area contributed by atoms with Gasteiger partial charge in [-0.25, -0.2) is 9.37 Å². The van der Waals surface area contributed by atoms with Gasteiger partial charge < -0.3 is 15.0 Å². The van der Waals surface area contributed by atoms with E-state index in [9.17, 15) is 14.0 Å². The maximum atomic E-state index is 14.0. The fraction of sp³-hybridized carbons (Fsp3) is 0.400. The van der Waals surface area contributed by atoms with Crippen LogP contribution in [-0.2, 0) is 11.2 Å². The van der Waals surface area contributed by atoms with Crippen LogP contribution in [-0.4, -0.2) is 45.6 Å². The molecule has 1 heterocycles. The molecule has 1 aliphatic rings. The summed E-state index contributed by atoms with van der Waals surface area (Å²) in [5, 5.41) is 4.18. The minimum absolute atomic E-state index is 0.102. The van der Waals surface area contributed by atoms with Gasteiger partial charge in [0.2, 0.25) is 5.91 Å². The molecule has 0 saturated heterocycles. The van der Waals surface area contributed by atoms with Gasteiger partial charge in [-0.3, -0.25) is 14.2 Å². The molecule has 0 radical (unpaired) electrons. The Morgan fingerprint density at radius 1 is 1.12 bits per heavy atom. The Bertz CT molecular complexity index is 1630. The Balaban J connectivity index is 1.53. The average Bonchev–Trinajstić information content (AvgIpc) is 2.97. The maximum absolute atomic E-state index is 14.0. The van der Waals surface area contributed by atoms with Crippen LogP contribution in [0.5, 0.6) is 5.75 Å². The van der Waals surface area contributed by atoms with Gasteiger partial charge in [-0.1, -0.05) is 30.7 Å². The largest absolute Gasteiger partial charge is 0.494 e. The number of ether oxygens (including phenoxy) is 1. The molecule has 2 unspecified atom stereocenters. The number of hydrogen-bond acceptors (Lipinski definition) is 5. The fourth-order valence-corrected chi connectivity index (χ4v) is 5.70. The summed E-state index contributed by atoms with van der Waals surface area (Å²) in [7, 11) is 0. The van der Waals surface area contributed by atoms with Gasteiger partial charge in [-0.05, 0) is 101 Å². The predicted octanol–water partition coefficient (Wildman–Crippen LogP) is 6.28. The fourth-order valence-electron chi connectivity index (χ4n) is 5.70. The number of nitrogens with one attached hydrogen (secondary N) is 1. The highest BCUT2D eigenvalue weighted by Crippen LogP contribution is 2.26. The van der Waals surface area contributed by atoms with E-state index in [-0.39, 0.29) is 29.7 Å². The van der Waals surface area contributed by atoms with Gasteiger partial charge in [0.05, 0.1) is 35.7 Å². The van der Waals surface area contributed by atoms with Crippen LogP contribution >= 0.6 is 0 Å². The molecule has 7 nitrogen and oxygen atoms in total. The van der Waals surface area contributed by atoms with Gasteiger partial charge in [0.25, 0.3) is 5.56 Å². The second-order valence-corrected chi connectivity index (χ2v) is 11.6. The Labute approximate surface area is 252 Å². The van der Waals surface area contributed by atoms with E-state index in [1.54, 1.807) is 29.7 Å². The van der Waals surface area contributed by atoms with Crippen LogP contribution < -0.4 is 15.6 Å². The highest BCUT2D eigenvalue weighted by molar-refractivity contribution is 5.80. The number of aryl methyl sites for hydroxylation is 1. The number of benzene rings is 3. The molecular weight excluding hydrogens is 543 g/mol. The van der Waals surface area contributed by atoms with Crippen LogP contribution in [0.25, 0.3) is 16.6 Å². The second-order valence-electron chi connectivity index (χ2n) is 11.6. The Hall–Kier alpha value is -4.04. The van der Waals surface area contributed by atoms with E-state index in [1.165, 1.54) is 25.3 Å². The summed E-state index contributed by atoms with van der Waals surface area (Å²) in [5.74, 6) is 0.796. The third-order valence-corrected chi connectivity index (χ3v) is 8.38. The Morgan fingerprint density at radius 2 is 1.86 bits per heavy atom. The number of nitrogens with zero attached hydrogens (tertiary/aromatic N) is 3. The highest BCUT2D eigenvalue weighted by Gasteiger charge is 2.28. The van der Waals surface area contributed by atoms with Crippen molar-refractivity contribution in [3.63, 3.8) is 0 Å². The molecule has 226 valence electrons. The molecule has 5 rings (SSSR count). The van der Waals surface area contributed by atoms with Crippen LogP contribution in [0.1, 0.15) is 69.4 Å². The first-order chi connectivity index (χ1) is 20.7. The third kappa shape index (κ3) is 6.96. The van der Waals surface area contributed by atoms with Gasteiger partial charge in [0.1, 0.15) is 17.4 Å². The van der Waals surface area contributed by atoms with Gasteiger partial charge >= 0.3 is 0 Å². The zero-order valence-electron chi connectivity index (χ0n) is 25.5. The molecule has 0 aliphatic heterocycles. The molecular formula is C35H41FN4O3. The van der Waals surface area contributed by atoms with Crippen LogP contribution in [0.3, 0.4) is 0 Å². The molecule has 1 N–H and O–H groups in total. The summed E-state index contributed by atoms with van der Waals surface area (Å²) in [6.07, 6.45) is 4.48. The number of aromatic nitrogens is 2. The summed E-state index contributed by atoms with van der Waals surface area (Å²) >= 11 is 0. The third-order valence-electron chi connectivity index (χ3n) is 8.38. The summed E-state index contributed by atoms with van der Waals surface area (Å²) < 4.78 is 21.2. The van der Waals surface area contributed by atoms with Gasteiger partial charge in [0, 0.05) is 18.6 Å². The molecule has 2 atom stereocenters. The second kappa shape index (κ2) is 13.5. The molecule has 0 bridgehead atoms. The van der Waals surface area contributed by atoms with Crippen molar-refractivity contribution in [3.8, 4) is 11.4 Å². The predicted molar refractivity (Wildman–Crippen MR) is 168 cm³/mol. The molecule has 8 heteroatoms. The molecule has 4 aromatic rings. The molecule has 43 heavy (non-hydrogen) atoms. The minimum atomic E-state index is -0.520. The van der Waals surface area contributed by atoms with E-state index in [0.29, 0.717) is 52.9 Å². The molecule has 1 amide bonds. The van der Waals surface area contributed by atoms with Crippen molar-refractivity contribution < 1.29 is 13.9 Å². The van der Waals surface area contributed by atoms with Crippen molar-refractivity contribution in [1.82, 2.24) is 19.8 Å². The van der Waals surface area contributed by atoms with Crippen molar-refractivity contribution >= 4 is 16.8 Å². The number of hydrogen-bond donors (Lipinski definition) is 1. The summed E-state index contributed by atoms with van der Waals surface area (Å²) in [6, 6.07) is 19.7. The van der Waals surface area contributed by atoms with Crippen LogP contribution in [0, 0.1) is 12.7 Å². The van der Waals surface area contributed by atoms with Gasteiger partial charge in [0.15, 0.2) is 0 Å². The van der Waals surface area contributed by atoms with Crippen molar-refractivity contribution in [2.45, 2.75) is 77.9 Å². The number of fused-ring (bicyclic) bond motifs is 1.